The molecule has 0 aliphatic carbocycles. The van der Waals surface area contributed by atoms with Crippen LogP contribution >= 0.6 is 0 Å². The molecule has 1 N–H and O–H groups in total. The van der Waals surface area contributed by atoms with Crippen molar-refractivity contribution in [2.24, 2.45) is 0 Å². The fraction of sp³-hybridized carbons (Fsp3) is 0.0870. The molecule has 1 heterocycles. The minimum Gasteiger partial charge on any atom is -0.497 e. The largest absolute Gasteiger partial charge is 0.497 e. The molecular formula is C23H19N3O3. The van der Waals surface area contributed by atoms with E-state index in [-0.39, 0.29) is 11.5 Å². The fourth-order valence-electron chi connectivity index (χ4n) is 3.22. The molecular weight excluding hydrogens is 366 g/mol. The zero-order valence-corrected chi connectivity index (χ0v) is 16.0. The first-order chi connectivity index (χ1) is 14.1. The summed E-state index contributed by atoms with van der Waals surface area (Å²) in [6.07, 6.45) is 0. The third-order valence-electron chi connectivity index (χ3n) is 4.66. The second-order valence-electron chi connectivity index (χ2n) is 6.55. The lowest BCUT2D eigenvalue weighted by molar-refractivity contribution is 0.102. The predicted octanol–water partition coefficient (Wildman–Crippen LogP) is 3.96. The summed E-state index contributed by atoms with van der Waals surface area (Å²) in [6, 6.07) is 21.2. The van der Waals surface area contributed by atoms with Gasteiger partial charge in [0.2, 0.25) is 0 Å². The molecule has 4 rings (SSSR count). The normalized spacial score (nSPS) is 10.7. The number of hydrogen-bond acceptors (Lipinski definition) is 4. The number of fused-ring (bicyclic) bond motifs is 1. The van der Waals surface area contributed by atoms with E-state index >= 15 is 0 Å². The first kappa shape index (κ1) is 18.4. The highest BCUT2D eigenvalue weighted by molar-refractivity contribution is 6.04. The molecule has 0 bridgehead atoms. The third-order valence-corrected chi connectivity index (χ3v) is 4.66. The summed E-state index contributed by atoms with van der Waals surface area (Å²) in [6.45, 7) is 1.79. The Bertz CT molecular complexity index is 1260. The second kappa shape index (κ2) is 7.59. The van der Waals surface area contributed by atoms with Gasteiger partial charge in [-0.3, -0.25) is 14.2 Å². The molecule has 0 aliphatic heterocycles. The van der Waals surface area contributed by atoms with Gasteiger partial charge in [-0.15, -0.1) is 0 Å². The molecule has 0 saturated heterocycles. The molecule has 29 heavy (non-hydrogen) atoms. The first-order valence-electron chi connectivity index (χ1n) is 9.11. The van der Waals surface area contributed by atoms with Crippen LogP contribution in [0.1, 0.15) is 16.2 Å². The number of aryl methyl sites for hydroxylation is 1. The van der Waals surface area contributed by atoms with Gasteiger partial charge in [-0.1, -0.05) is 18.2 Å². The van der Waals surface area contributed by atoms with E-state index in [0.29, 0.717) is 39.4 Å². The average molecular weight is 385 g/mol. The molecule has 0 atom stereocenters. The number of methoxy groups -OCH3 is 1. The number of para-hydroxylation sites is 1. The molecule has 6 nitrogen and oxygen atoms in total. The van der Waals surface area contributed by atoms with Crippen molar-refractivity contribution in [2.45, 2.75) is 6.92 Å². The number of aromatic nitrogens is 2. The summed E-state index contributed by atoms with van der Waals surface area (Å²) in [5, 5.41) is 3.41. The van der Waals surface area contributed by atoms with Crippen molar-refractivity contribution < 1.29 is 9.53 Å². The average Bonchev–Trinajstić information content (AvgIpc) is 2.74. The van der Waals surface area contributed by atoms with Crippen molar-refractivity contribution >= 4 is 22.5 Å². The molecule has 3 aromatic carbocycles. The van der Waals surface area contributed by atoms with Crippen LogP contribution in [0, 0.1) is 6.92 Å². The van der Waals surface area contributed by atoms with Crippen LogP contribution in [0.25, 0.3) is 16.6 Å². The molecule has 0 radical (unpaired) electrons. The third kappa shape index (κ3) is 3.60. The molecule has 0 fully saturated rings. The number of nitrogens with zero attached hydrogens (tertiary/aromatic N) is 2. The summed E-state index contributed by atoms with van der Waals surface area (Å²) >= 11 is 0. The number of ether oxygens (including phenoxy) is 1. The smallest absolute Gasteiger partial charge is 0.265 e. The van der Waals surface area contributed by atoms with Gasteiger partial charge >= 0.3 is 0 Å². The lowest BCUT2D eigenvalue weighted by Gasteiger charge is -2.13. The Morgan fingerprint density at radius 1 is 1.00 bits per heavy atom. The Kier molecular flexibility index (Phi) is 4.83. The SMILES string of the molecule is COc1ccc(C(=O)Nc2cccc(-n3c(C)nc4ccccc4c3=O)c2)cc1. The summed E-state index contributed by atoms with van der Waals surface area (Å²) < 4.78 is 6.66. The van der Waals surface area contributed by atoms with E-state index in [1.165, 1.54) is 0 Å². The molecule has 144 valence electrons. The zero-order valence-electron chi connectivity index (χ0n) is 16.0. The van der Waals surface area contributed by atoms with Crippen LogP contribution in [0.4, 0.5) is 5.69 Å². The van der Waals surface area contributed by atoms with Crippen molar-refractivity contribution in [3.63, 3.8) is 0 Å². The van der Waals surface area contributed by atoms with Crippen LogP contribution in [0.3, 0.4) is 0 Å². The lowest BCUT2D eigenvalue weighted by atomic mass is 10.2. The van der Waals surface area contributed by atoms with E-state index in [2.05, 4.69) is 10.3 Å². The van der Waals surface area contributed by atoms with Gasteiger partial charge in [0.15, 0.2) is 0 Å². The highest BCUT2D eigenvalue weighted by Gasteiger charge is 2.11. The standard InChI is InChI=1S/C23H19N3O3/c1-15-24-21-9-4-3-8-20(21)23(28)26(15)18-7-5-6-17(14-18)25-22(27)16-10-12-19(29-2)13-11-16/h3-14H,1-2H3,(H,25,27). The van der Waals surface area contributed by atoms with E-state index in [4.69, 9.17) is 4.74 Å². The number of carbonyl (C=O) groups excluding carboxylic acids is 1. The molecule has 0 aliphatic rings. The number of anilines is 1. The Morgan fingerprint density at radius 3 is 2.52 bits per heavy atom. The van der Waals surface area contributed by atoms with Crippen molar-refractivity contribution in [1.82, 2.24) is 9.55 Å². The van der Waals surface area contributed by atoms with Crippen LogP contribution in [0.5, 0.6) is 5.75 Å². The maximum absolute atomic E-state index is 13.0. The van der Waals surface area contributed by atoms with E-state index in [1.54, 1.807) is 67.1 Å². The maximum Gasteiger partial charge on any atom is 0.265 e. The van der Waals surface area contributed by atoms with Crippen LogP contribution in [-0.2, 0) is 0 Å². The molecule has 6 heteroatoms. The van der Waals surface area contributed by atoms with Gasteiger partial charge in [0.1, 0.15) is 11.6 Å². The van der Waals surface area contributed by atoms with Crippen LogP contribution in [0.15, 0.2) is 77.6 Å². The molecule has 0 unspecified atom stereocenters. The Balaban J connectivity index is 1.68. The molecule has 4 aromatic rings. The minimum atomic E-state index is -0.245. The number of carbonyl (C=O) groups is 1. The number of benzene rings is 3. The van der Waals surface area contributed by atoms with Crippen LogP contribution < -0.4 is 15.6 Å². The molecule has 1 amide bonds. The fourth-order valence-corrected chi connectivity index (χ4v) is 3.22. The summed E-state index contributed by atoms with van der Waals surface area (Å²) in [5.41, 5.74) is 2.25. The predicted molar refractivity (Wildman–Crippen MR) is 113 cm³/mol. The minimum absolute atomic E-state index is 0.147. The van der Waals surface area contributed by atoms with Gasteiger partial charge < -0.3 is 10.1 Å². The van der Waals surface area contributed by atoms with Gasteiger partial charge in [0, 0.05) is 11.3 Å². The number of rotatable bonds is 4. The topological polar surface area (TPSA) is 73.2 Å². The van der Waals surface area contributed by atoms with Crippen LogP contribution in [-0.4, -0.2) is 22.6 Å². The van der Waals surface area contributed by atoms with Crippen molar-refractivity contribution in [1.29, 1.82) is 0 Å². The summed E-state index contributed by atoms with van der Waals surface area (Å²) in [5.74, 6) is 1.01. The van der Waals surface area contributed by atoms with E-state index < -0.39 is 0 Å². The zero-order chi connectivity index (χ0) is 20.4. The Hall–Kier alpha value is -3.93. The lowest BCUT2D eigenvalue weighted by Crippen LogP contribution is -2.22. The first-order valence-corrected chi connectivity index (χ1v) is 9.11. The van der Waals surface area contributed by atoms with E-state index in [1.807, 2.05) is 24.3 Å². The van der Waals surface area contributed by atoms with Gasteiger partial charge in [0.25, 0.3) is 11.5 Å². The quantitative estimate of drug-likeness (QED) is 0.577. The van der Waals surface area contributed by atoms with Crippen molar-refractivity contribution in [3.05, 3.63) is 94.5 Å². The summed E-state index contributed by atoms with van der Waals surface area (Å²) in [4.78, 5) is 30.1. The summed E-state index contributed by atoms with van der Waals surface area (Å²) in [7, 11) is 1.58. The van der Waals surface area contributed by atoms with E-state index in [0.717, 1.165) is 0 Å². The van der Waals surface area contributed by atoms with E-state index in [9.17, 15) is 9.59 Å². The molecule has 0 spiro atoms. The molecule has 1 aromatic heterocycles. The molecule has 0 saturated carbocycles. The Labute approximate surface area is 167 Å². The van der Waals surface area contributed by atoms with Crippen molar-refractivity contribution in [3.8, 4) is 11.4 Å². The van der Waals surface area contributed by atoms with Gasteiger partial charge in [0.05, 0.1) is 23.7 Å². The maximum atomic E-state index is 13.0. The number of hydrogen-bond donors (Lipinski definition) is 1. The highest BCUT2D eigenvalue weighted by Crippen LogP contribution is 2.18. The second-order valence-corrected chi connectivity index (χ2v) is 6.55. The number of nitrogens with one attached hydrogen (secondary N) is 1. The van der Waals surface area contributed by atoms with Gasteiger partial charge in [-0.05, 0) is 61.5 Å². The monoisotopic (exact) mass is 385 g/mol. The Morgan fingerprint density at radius 2 is 1.76 bits per heavy atom. The van der Waals surface area contributed by atoms with Gasteiger partial charge in [-0.25, -0.2) is 4.98 Å². The van der Waals surface area contributed by atoms with Crippen molar-refractivity contribution in [2.75, 3.05) is 12.4 Å². The number of amides is 1. The highest BCUT2D eigenvalue weighted by atomic mass is 16.5. The van der Waals surface area contributed by atoms with Gasteiger partial charge in [-0.2, -0.15) is 0 Å². The van der Waals surface area contributed by atoms with Crippen LogP contribution in [0.2, 0.25) is 0 Å².